The van der Waals surface area contributed by atoms with E-state index >= 15 is 0 Å². The molecule has 27 heavy (non-hydrogen) atoms. The van der Waals surface area contributed by atoms with Gasteiger partial charge in [-0.05, 0) is 32.0 Å². The number of benzene rings is 1. The van der Waals surface area contributed by atoms with E-state index in [0.29, 0.717) is 16.6 Å². The SMILES string of the molecule is Cc1cc(-c2csc(NC(=O)CN3C(=O)COc4ccccc43)n2)c(C)o1. The minimum absolute atomic E-state index is 0.0786. The van der Waals surface area contributed by atoms with Crippen molar-refractivity contribution in [2.75, 3.05) is 23.4 Å². The van der Waals surface area contributed by atoms with Gasteiger partial charge < -0.3 is 14.5 Å². The molecule has 0 bridgehead atoms. The predicted octanol–water partition coefficient (Wildman–Crippen LogP) is 3.38. The number of hydrogen-bond donors (Lipinski definition) is 1. The summed E-state index contributed by atoms with van der Waals surface area (Å²) in [5.74, 6) is 1.61. The zero-order chi connectivity index (χ0) is 19.0. The second-order valence-electron chi connectivity index (χ2n) is 6.15. The lowest BCUT2D eigenvalue weighted by molar-refractivity contribution is -0.123. The summed E-state index contributed by atoms with van der Waals surface area (Å²) in [7, 11) is 0. The van der Waals surface area contributed by atoms with Gasteiger partial charge in [0.1, 0.15) is 23.8 Å². The first-order valence-corrected chi connectivity index (χ1v) is 9.24. The van der Waals surface area contributed by atoms with Crippen molar-refractivity contribution in [2.45, 2.75) is 13.8 Å². The summed E-state index contributed by atoms with van der Waals surface area (Å²) >= 11 is 1.33. The quantitative estimate of drug-likeness (QED) is 0.747. The highest BCUT2D eigenvalue weighted by molar-refractivity contribution is 7.14. The molecule has 0 spiro atoms. The third-order valence-corrected chi connectivity index (χ3v) is 4.94. The Morgan fingerprint density at radius 3 is 2.93 bits per heavy atom. The largest absolute Gasteiger partial charge is 0.482 e. The zero-order valence-corrected chi connectivity index (χ0v) is 15.6. The average Bonchev–Trinajstić information content (AvgIpc) is 3.23. The molecule has 1 N–H and O–H groups in total. The molecule has 3 heterocycles. The van der Waals surface area contributed by atoms with E-state index in [-0.39, 0.29) is 25.0 Å². The average molecular weight is 383 g/mol. The number of nitrogens with zero attached hydrogens (tertiary/aromatic N) is 2. The highest BCUT2D eigenvalue weighted by Crippen LogP contribution is 2.32. The fourth-order valence-corrected chi connectivity index (χ4v) is 3.70. The molecule has 2 amide bonds. The molecule has 4 rings (SSSR count). The fourth-order valence-electron chi connectivity index (χ4n) is 2.97. The second kappa shape index (κ2) is 6.88. The van der Waals surface area contributed by atoms with Gasteiger partial charge >= 0.3 is 0 Å². The number of hydrogen-bond acceptors (Lipinski definition) is 6. The third kappa shape index (κ3) is 3.43. The third-order valence-electron chi connectivity index (χ3n) is 4.18. The first-order valence-electron chi connectivity index (χ1n) is 8.36. The number of thiazole rings is 1. The van der Waals surface area contributed by atoms with Gasteiger partial charge in [0.05, 0.1) is 11.4 Å². The smallest absolute Gasteiger partial charge is 0.265 e. The molecule has 8 heteroatoms. The first-order chi connectivity index (χ1) is 13.0. The molecule has 7 nitrogen and oxygen atoms in total. The maximum Gasteiger partial charge on any atom is 0.265 e. The summed E-state index contributed by atoms with van der Waals surface area (Å²) in [4.78, 5) is 30.5. The van der Waals surface area contributed by atoms with Crippen LogP contribution in [0.4, 0.5) is 10.8 Å². The number of aromatic nitrogens is 1. The molecule has 0 fully saturated rings. The minimum atomic E-state index is -0.318. The van der Waals surface area contributed by atoms with E-state index < -0.39 is 0 Å². The van der Waals surface area contributed by atoms with Gasteiger partial charge in [-0.25, -0.2) is 4.98 Å². The molecule has 0 aliphatic carbocycles. The first kappa shape index (κ1) is 17.3. The highest BCUT2D eigenvalue weighted by Gasteiger charge is 2.27. The lowest BCUT2D eigenvalue weighted by Gasteiger charge is -2.28. The van der Waals surface area contributed by atoms with Crippen LogP contribution in [-0.4, -0.2) is 29.9 Å². The Balaban J connectivity index is 1.48. The molecule has 0 atom stereocenters. The Hall–Kier alpha value is -3.13. The lowest BCUT2D eigenvalue weighted by Crippen LogP contribution is -2.43. The molecule has 3 aromatic rings. The summed E-state index contributed by atoms with van der Waals surface area (Å²) in [6.45, 7) is 3.58. The van der Waals surface area contributed by atoms with E-state index in [1.807, 2.05) is 31.4 Å². The van der Waals surface area contributed by atoms with E-state index in [4.69, 9.17) is 9.15 Å². The van der Waals surface area contributed by atoms with Gasteiger partial charge in [0.15, 0.2) is 11.7 Å². The normalized spacial score (nSPS) is 13.3. The maximum absolute atomic E-state index is 12.5. The number of nitrogens with one attached hydrogen (secondary N) is 1. The number of rotatable bonds is 4. The molecule has 138 valence electrons. The van der Waals surface area contributed by atoms with E-state index in [1.54, 1.807) is 18.2 Å². The van der Waals surface area contributed by atoms with Crippen molar-refractivity contribution >= 4 is 34.0 Å². The molecule has 0 saturated heterocycles. The van der Waals surface area contributed by atoms with E-state index in [9.17, 15) is 9.59 Å². The van der Waals surface area contributed by atoms with Gasteiger partial charge in [0.2, 0.25) is 5.91 Å². The van der Waals surface area contributed by atoms with E-state index in [2.05, 4.69) is 10.3 Å². The summed E-state index contributed by atoms with van der Waals surface area (Å²) in [5.41, 5.74) is 2.24. The molecule has 1 aliphatic heterocycles. The van der Waals surface area contributed by atoms with Crippen LogP contribution in [0.1, 0.15) is 11.5 Å². The van der Waals surface area contributed by atoms with Crippen LogP contribution in [-0.2, 0) is 9.59 Å². The van der Waals surface area contributed by atoms with Gasteiger partial charge in [0, 0.05) is 10.9 Å². The second-order valence-corrected chi connectivity index (χ2v) is 7.01. The molecule has 0 saturated carbocycles. The van der Waals surface area contributed by atoms with Crippen molar-refractivity contribution in [3.05, 3.63) is 47.2 Å². The number of furan rings is 1. The predicted molar refractivity (Wildman–Crippen MR) is 102 cm³/mol. The van der Waals surface area contributed by atoms with Crippen LogP contribution in [0.2, 0.25) is 0 Å². The van der Waals surface area contributed by atoms with Crippen LogP contribution < -0.4 is 15.0 Å². The van der Waals surface area contributed by atoms with Crippen molar-refractivity contribution in [3.8, 4) is 17.0 Å². The zero-order valence-electron chi connectivity index (χ0n) is 14.8. The summed E-state index contributed by atoms with van der Waals surface area (Å²) in [6, 6.07) is 9.07. The Bertz CT molecular complexity index is 1020. The maximum atomic E-state index is 12.5. The van der Waals surface area contributed by atoms with Crippen molar-refractivity contribution in [2.24, 2.45) is 0 Å². The molecule has 2 aromatic heterocycles. The summed E-state index contributed by atoms with van der Waals surface area (Å²) in [6.07, 6.45) is 0. The van der Waals surface area contributed by atoms with Crippen LogP contribution in [0.3, 0.4) is 0 Å². The molecule has 0 unspecified atom stereocenters. The number of amides is 2. The van der Waals surface area contributed by atoms with Crippen LogP contribution in [0, 0.1) is 13.8 Å². The molecule has 1 aromatic carbocycles. The standard InChI is InChI=1S/C19H17N3O4S/c1-11-7-13(12(2)26-11)14-10-27-19(20-14)21-17(23)8-22-15-5-3-4-6-16(15)25-9-18(22)24/h3-7,10H,8-9H2,1-2H3,(H,20,21,23). The molecule has 1 aliphatic rings. The summed E-state index contributed by atoms with van der Waals surface area (Å²) < 4.78 is 10.9. The Morgan fingerprint density at radius 1 is 1.33 bits per heavy atom. The number of ether oxygens (including phenoxy) is 1. The fraction of sp³-hybridized carbons (Fsp3) is 0.211. The van der Waals surface area contributed by atoms with Crippen molar-refractivity contribution < 1.29 is 18.7 Å². The molecular formula is C19H17N3O4S. The number of aryl methyl sites for hydroxylation is 2. The van der Waals surface area contributed by atoms with Gasteiger partial charge in [-0.2, -0.15) is 0 Å². The number of fused-ring (bicyclic) bond motifs is 1. The van der Waals surface area contributed by atoms with E-state index in [1.165, 1.54) is 16.2 Å². The topological polar surface area (TPSA) is 84.7 Å². The van der Waals surface area contributed by atoms with Crippen LogP contribution in [0.25, 0.3) is 11.3 Å². The number of para-hydroxylation sites is 2. The molecule has 0 radical (unpaired) electrons. The van der Waals surface area contributed by atoms with Crippen LogP contribution in [0.5, 0.6) is 5.75 Å². The van der Waals surface area contributed by atoms with Crippen molar-refractivity contribution in [1.29, 1.82) is 0 Å². The number of carbonyl (C=O) groups is 2. The van der Waals surface area contributed by atoms with Crippen molar-refractivity contribution in [1.82, 2.24) is 4.98 Å². The number of anilines is 2. The van der Waals surface area contributed by atoms with E-state index in [0.717, 1.165) is 22.8 Å². The van der Waals surface area contributed by atoms with Crippen LogP contribution >= 0.6 is 11.3 Å². The Morgan fingerprint density at radius 2 is 2.15 bits per heavy atom. The van der Waals surface area contributed by atoms with Crippen molar-refractivity contribution in [3.63, 3.8) is 0 Å². The highest BCUT2D eigenvalue weighted by atomic mass is 32.1. The lowest BCUT2D eigenvalue weighted by atomic mass is 10.2. The monoisotopic (exact) mass is 383 g/mol. The van der Waals surface area contributed by atoms with Gasteiger partial charge in [-0.15, -0.1) is 11.3 Å². The molecular weight excluding hydrogens is 366 g/mol. The Labute approximate surface area is 159 Å². The van der Waals surface area contributed by atoms with Gasteiger partial charge in [0.25, 0.3) is 5.91 Å². The Kier molecular flexibility index (Phi) is 4.41. The summed E-state index contributed by atoms with van der Waals surface area (Å²) in [5, 5.41) is 5.10. The van der Waals surface area contributed by atoms with Crippen LogP contribution in [0.15, 0.2) is 40.1 Å². The van der Waals surface area contributed by atoms with Gasteiger partial charge in [-0.3, -0.25) is 14.5 Å². The minimum Gasteiger partial charge on any atom is -0.482 e. The van der Waals surface area contributed by atoms with Gasteiger partial charge in [-0.1, -0.05) is 12.1 Å². The number of carbonyl (C=O) groups excluding carboxylic acids is 2.